The zero-order valence-corrected chi connectivity index (χ0v) is 6.99. The Labute approximate surface area is 66.7 Å². The van der Waals surface area contributed by atoms with Gasteiger partial charge in [0.1, 0.15) is 0 Å². The topological polar surface area (TPSA) is 38.0 Å². The Bertz CT molecular complexity index is 216. The minimum Gasteiger partial charge on any atom is -0.480 e. The number of nitrogens with zero attached hydrogens (tertiary/aromatic N) is 2. The van der Waals surface area contributed by atoms with Crippen LogP contribution in [0.1, 0.15) is 32.7 Å². The number of imidazole rings is 1. The monoisotopic (exact) mass is 154 g/mol. The maximum atomic E-state index is 9.24. The third-order valence-electron chi connectivity index (χ3n) is 1.98. The van der Waals surface area contributed by atoms with Gasteiger partial charge in [0.2, 0.25) is 0 Å². The Kier molecular flexibility index (Phi) is 2.52. The standard InChI is InChI=1S/C8H14N2O/c1-3-7(4-2)10-6-5-9-8(10)11/h5-7H,3-4H2,1-2H3,(H,9,11). The van der Waals surface area contributed by atoms with Crippen LogP contribution in [0.5, 0.6) is 6.01 Å². The summed E-state index contributed by atoms with van der Waals surface area (Å²) in [5.74, 6) is 0. The Hall–Kier alpha value is -0.990. The molecule has 0 saturated carbocycles. The molecule has 0 saturated heterocycles. The van der Waals surface area contributed by atoms with Crippen LogP contribution in [-0.2, 0) is 0 Å². The van der Waals surface area contributed by atoms with E-state index in [2.05, 4.69) is 18.8 Å². The molecule has 1 heterocycles. The summed E-state index contributed by atoms with van der Waals surface area (Å²) in [5.41, 5.74) is 0. The summed E-state index contributed by atoms with van der Waals surface area (Å²) in [6, 6.07) is 0.510. The molecule has 1 N–H and O–H groups in total. The van der Waals surface area contributed by atoms with Crippen molar-refractivity contribution >= 4 is 0 Å². The first-order valence-electron chi connectivity index (χ1n) is 4.01. The summed E-state index contributed by atoms with van der Waals surface area (Å²) in [4.78, 5) is 3.75. The first-order chi connectivity index (χ1) is 5.29. The van der Waals surface area contributed by atoms with Crippen molar-refractivity contribution in [2.24, 2.45) is 0 Å². The van der Waals surface area contributed by atoms with Gasteiger partial charge in [0.25, 0.3) is 6.01 Å². The maximum Gasteiger partial charge on any atom is 0.293 e. The van der Waals surface area contributed by atoms with E-state index in [4.69, 9.17) is 0 Å². The molecule has 0 aromatic carbocycles. The number of hydrogen-bond donors (Lipinski definition) is 1. The van der Waals surface area contributed by atoms with Crippen LogP contribution in [-0.4, -0.2) is 14.7 Å². The van der Waals surface area contributed by atoms with E-state index in [0.717, 1.165) is 12.8 Å². The van der Waals surface area contributed by atoms with Crippen LogP contribution in [0, 0.1) is 0 Å². The van der Waals surface area contributed by atoms with E-state index in [1.165, 1.54) is 0 Å². The second kappa shape index (κ2) is 3.42. The number of rotatable bonds is 3. The zero-order valence-electron chi connectivity index (χ0n) is 6.99. The van der Waals surface area contributed by atoms with Crippen molar-refractivity contribution in [1.82, 2.24) is 9.55 Å². The van der Waals surface area contributed by atoms with Gasteiger partial charge in [-0.25, -0.2) is 4.98 Å². The molecule has 11 heavy (non-hydrogen) atoms. The molecular formula is C8H14N2O. The van der Waals surface area contributed by atoms with Crippen LogP contribution >= 0.6 is 0 Å². The van der Waals surface area contributed by atoms with Crippen LogP contribution in [0.4, 0.5) is 0 Å². The van der Waals surface area contributed by atoms with E-state index in [9.17, 15) is 5.11 Å². The molecule has 0 atom stereocenters. The van der Waals surface area contributed by atoms with Gasteiger partial charge in [-0.3, -0.25) is 4.57 Å². The summed E-state index contributed by atoms with van der Waals surface area (Å²) >= 11 is 0. The van der Waals surface area contributed by atoms with Crippen LogP contribution < -0.4 is 0 Å². The predicted octanol–water partition coefficient (Wildman–Crippen LogP) is 1.95. The smallest absolute Gasteiger partial charge is 0.293 e. The fourth-order valence-corrected chi connectivity index (χ4v) is 1.27. The van der Waals surface area contributed by atoms with Gasteiger partial charge in [-0.1, -0.05) is 13.8 Å². The molecule has 0 fully saturated rings. The second-order valence-electron chi connectivity index (χ2n) is 2.60. The predicted molar refractivity (Wildman–Crippen MR) is 43.5 cm³/mol. The van der Waals surface area contributed by atoms with Crippen molar-refractivity contribution in [3.05, 3.63) is 12.4 Å². The average molecular weight is 154 g/mol. The molecule has 0 aliphatic carbocycles. The molecule has 0 spiro atoms. The summed E-state index contributed by atoms with van der Waals surface area (Å²) in [6.07, 6.45) is 5.49. The van der Waals surface area contributed by atoms with Gasteiger partial charge < -0.3 is 5.11 Å². The van der Waals surface area contributed by atoms with Crippen molar-refractivity contribution in [2.75, 3.05) is 0 Å². The molecule has 3 heteroatoms. The third kappa shape index (κ3) is 1.53. The van der Waals surface area contributed by atoms with Crippen molar-refractivity contribution in [3.8, 4) is 6.01 Å². The number of aromatic nitrogens is 2. The van der Waals surface area contributed by atoms with Gasteiger partial charge in [0.15, 0.2) is 0 Å². The molecule has 0 bridgehead atoms. The fraction of sp³-hybridized carbons (Fsp3) is 0.625. The van der Waals surface area contributed by atoms with Gasteiger partial charge in [0, 0.05) is 18.4 Å². The van der Waals surface area contributed by atoms with Crippen LogP contribution in [0.3, 0.4) is 0 Å². The number of aromatic hydroxyl groups is 1. The van der Waals surface area contributed by atoms with E-state index < -0.39 is 0 Å². The first kappa shape index (κ1) is 8.11. The highest BCUT2D eigenvalue weighted by atomic mass is 16.3. The van der Waals surface area contributed by atoms with Gasteiger partial charge in [0.05, 0.1) is 0 Å². The molecule has 3 nitrogen and oxygen atoms in total. The summed E-state index contributed by atoms with van der Waals surface area (Å²) in [7, 11) is 0. The zero-order chi connectivity index (χ0) is 8.27. The Balaban J connectivity index is 2.81. The molecular weight excluding hydrogens is 140 g/mol. The molecule has 0 aliphatic heterocycles. The van der Waals surface area contributed by atoms with Crippen LogP contribution in [0.15, 0.2) is 12.4 Å². The van der Waals surface area contributed by atoms with E-state index in [0.29, 0.717) is 6.04 Å². The lowest BCUT2D eigenvalue weighted by atomic mass is 10.2. The van der Waals surface area contributed by atoms with Gasteiger partial charge in [-0.05, 0) is 12.8 Å². The number of hydrogen-bond acceptors (Lipinski definition) is 2. The first-order valence-corrected chi connectivity index (χ1v) is 4.01. The Morgan fingerprint density at radius 3 is 2.55 bits per heavy atom. The highest BCUT2D eigenvalue weighted by Crippen LogP contribution is 2.19. The molecule has 1 aromatic heterocycles. The lowest BCUT2D eigenvalue weighted by molar-refractivity contribution is 0.355. The lowest BCUT2D eigenvalue weighted by Crippen LogP contribution is -2.04. The van der Waals surface area contributed by atoms with Crippen molar-refractivity contribution in [3.63, 3.8) is 0 Å². The van der Waals surface area contributed by atoms with Gasteiger partial charge >= 0.3 is 0 Å². The normalized spacial score (nSPS) is 10.8. The van der Waals surface area contributed by atoms with Gasteiger partial charge in [-0.2, -0.15) is 0 Å². The minimum absolute atomic E-state index is 0.124. The van der Waals surface area contributed by atoms with E-state index in [1.807, 2.05) is 6.20 Å². The second-order valence-corrected chi connectivity index (χ2v) is 2.60. The highest BCUT2D eigenvalue weighted by Gasteiger charge is 2.08. The Morgan fingerprint density at radius 1 is 1.55 bits per heavy atom. The van der Waals surface area contributed by atoms with Crippen molar-refractivity contribution < 1.29 is 5.11 Å². The minimum atomic E-state index is 0.124. The summed E-state index contributed by atoms with van der Waals surface area (Å²) < 4.78 is 1.81. The molecule has 0 radical (unpaired) electrons. The maximum absolute atomic E-state index is 9.24. The van der Waals surface area contributed by atoms with Crippen LogP contribution in [0.25, 0.3) is 0 Å². The lowest BCUT2D eigenvalue weighted by Gasteiger charge is -2.13. The molecule has 0 aliphatic rings. The van der Waals surface area contributed by atoms with Crippen molar-refractivity contribution in [1.29, 1.82) is 0 Å². The van der Waals surface area contributed by atoms with E-state index in [1.54, 1.807) is 10.8 Å². The SMILES string of the molecule is CCC(CC)n1ccnc1O. The van der Waals surface area contributed by atoms with Crippen LogP contribution in [0.2, 0.25) is 0 Å². The summed E-state index contributed by atoms with van der Waals surface area (Å²) in [5, 5.41) is 9.24. The largest absolute Gasteiger partial charge is 0.480 e. The molecule has 0 amide bonds. The average Bonchev–Trinajstić information content (AvgIpc) is 2.40. The highest BCUT2D eigenvalue weighted by molar-refractivity contribution is 4.97. The van der Waals surface area contributed by atoms with Gasteiger partial charge in [-0.15, -0.1) is 0 Å². The molecule has 1 aromatic rings. The van der Waals surface area contributed by atoms with E-state index in [-0.39, 0.29) is 6.01 Å². The molecule has 62 valence electrons. The third-order valence-corrected chi connectivity index (χ3v) is 1.98. The van der Waals surface area contributed by atoms with Crippen molar-refractivity contribution in [2.45, 2.75) is 32.7 Å². The fourth-order valence-electron chi connectivity index (χ4n) is 1.27. The molecule has 0 unspecified atom stereocenters. The molecule has 1 rings (SSSR count). The summed E-state index contributed by atoms with van der Waals surface area (Å²) in [6.45, 7) is 4.21. The van der Waals surface area contributed by atoms with E-state index >= 15 is 0 Å². The Morgan fingerprint density at radius 2 is 2.18 bits per heavy atom. The quantitative estimate of drug-likeness (QED) is 0.722.